The van der Waals surface area contributed by atoms with Gasteiger partial charge in [0.05, 0.1) is 32.2 Å². The van der Waals surface area contributed by atoms with Gasteiger partial charge in [0, 0.05) is 19.6 Å². The van der Waals surface area contributed by atoms with Gasteiger partial charge in [-0.05, 0) is 0 Å². The molecule has 14 heavy (non-hydrogen) atoms. The SMILES string of the molecule is Oc1cnn(CCN2CCOCC2)c1. The van der Waals surface area contributed by atoms with Crippen molar-refractivity contribution in [3.63, 3.8) is 0 Å². The molecule has 1 saturated heterocycles. The first-order valence-corrected chi connectivity index (χ1v) is 4.86. The van der Waals surface area contributed by atoms with E-state index in [9.17, 15) is 0 Å². The monoisotopic (exact) mass is 197 g/mol. The number of rotatable bonds is 3. The van der Waals surface area contributed by atoms with Crippen molar-refractivity contribution in [2.24, 2.45) is 0 Å². The summed E-state index contributed by atoms with van der Waals surface area (Å²) < 4.78 is 7.01. The molecule has 0 aliphatic carbocycles. The molecule has 1 fully saturated rings. The first kappa shape index (κ1) is 9.48. The molecule has 2 rings (SSSR count). The van der Waals surface area contributed by atoms with Crippen LogP contribution in [0.4, 0.5) is 0 Å². The van der Waals surface area contributed by atoms with Crippen molar-refractivity contribution in [3.8, 4) is 5.75 Å². The molecule has 0 saturated carbocycles. The fraction of sp³-hybridized carbons (Fsp3) is 0.667. The third-order valence-corrected chi connectivity index (χ3v) is 2.37. The van der Waals surface area contributed by atoms with Crippen molar-refractivity contribution in [1.82, 2.24) is 14.7 Å². The summed E-state index contributed by atoms with van der Waals surface area (Å²) in [7, 11) is 0. The number of aromatic nitrogens is 2. The predicted octanol–water partition coefficient (Wildman–Crippen LogP) is -0.0791. The van der Waals surface area contributed by atoms with Crippen LogP contribution in [0.5, 0.6) is 5.75 Å². The molecule has 78 valence electrons. The van der Waals surface area contributed by atoms with E-state index in [1.165, 1.54) is 6.20 Å². The summed E-state index contributed by atoms with van der Waals surface area (Å²) in [5.41, 5.74) is 0. The third-order valence-electron chi connectivity index (χ3n) is 2.37. The quantitative estimate of drug-likeness (QED) is 0.736. The molecule has 0 atom stereocenters. The van der Waals surface area contributed by atoms with Crippen molar-refractivity contribution in [2.75, 3.05) is 32.8 Å². The fourth-order valence-electron chi connectivity index (χ4n) is 1.54. The molecular formula is C9H15N3O2. The van der Waals surface area contributed by atoms with Crippen molar-refractivity contribution in [3.05, 3.63) is 12.4 Å². The Bertz CT molecular complexity index is 281. The molecule has 0 amide bonds. The summed E-state index contributed by atoms with van der Waals surface area (Å²) in [5.74, 6) is 0.229. The van der Waals surface area contributed by atoms with E-state index in [2.05, 4.69) is 10.00 Å². The van der Waals surface area contributed by atoms with Gasteiger partial charge in [-0.25, -0.2) is 0 Å². The molecule has 1 aliphatic rings. The summed E-state index contributed by atoms with van der Waals surface area (Å²) in [6.07, 6.45) is 3.10. The topological polar surface area (TPSA) is 50.5 Å². The highest BCUT2D eigenvalue weighted by atomic mass is 16.5. The van der Waals surface area contributed by atoms with Crippen LogP contribution in [0, 0.1) is 0 Å². The van der Waals surface area contributed by atoms with Crippen LogP contribution in [0.3, 0.4) is 0 Å². The van der Waals surface area contributed by atoms with Crippen molar-refractivity contribution >= 4 is 0 Å². The van der Waals surface area contributed by atoms with Gasteiger partial charge < -0.3 is 9.84 Å². The maximum Gasteiger partial charge on any atom is 0.153 e. The van der Waals surface area contributed by atoms with E-state index in [-0.39, 0.29) is 5.75 Å². The summed E-state index contributed by atoms with van der Waals surface area (Å²) in [4.78, 5) is 2.34. The Balaban J connectivity index is 1.76. The normalized spacial score (nSPS) is 18.6. The maximum absolute atomic E-state index is 9.07. The Labute approximate surface area is 82.9 Å². The van der Waals surface area contributed by atoms with Gasteiger partial charge in [-0.1, -0.05) is 0 Å². The summed E-state index contributed by atoms with van der Waals surface area (Å²) in [6.45, 7) is 5.42. The molecule has 0 bridgehead atoms. The average molecular weight is 197 g/mol. The molecule has 0 unspecified atom stereocenters. The summed E-state index contributed by atoms with van der Waals surface area (Å²) in [6, 6.07) is 0. The van der Waals surface area contributed by atoms with E-state index in [1.54, 1.807) is 10.9 Å². The Morgan fingerprint density at radius 1 is 1.36 bits per heavy atom. The van der Waals surface area contributed by atoms with Crippen LogP contribution in [0.25, 0.3) is 0 Å². The van der Waals surface area contributed by atoms with Crippen LogP contribution in [-0.4, -0.2) is 52.6 Å². The highest BCUT2D eigenvalue weighted by Gasteiger charge is 2.09. The first-order valence-electron chi connectivity index (χ1n) is 4.86. The lowest BCUT2D eigenvalue weighted by Gasteiger charge is -2.26. The zero-order valence-corrected chi connectivity index (χ0v) is 8.09. The zero-order chi connectivity index (χ0) is 9.80. The molecule has 0 aromatic carbocycles. The Morgan fingerprint density at radius 3 is 2.79 bits per heavy atom. The summed E-state index contributed by atoms with van der Waals surface area (Å²) >= 11 is 0. The van der Waals surface area contributed by atoms with Gasteiger partial charge in [0.25, 0.3) is 0 Å². The molecular weight excluding hydrogens is 182 g/mol. The second-order valence-corrected chi connectivity index (χ2v) is 3.42. The lowest BCUT2D eigenvalue weighted by atomic mass is 10.4. The van der Waals surface area contributed by atoms with Crippen LogP contribution >= 0.6 is 0 Å². The number of hydrogen-bond acceptors (Lipinski definition) is 4. The van der Waals surface area contributed by atoms with Crippen LogP contribution in [0.1, 0.15) is 0 Å². The number of ether oxygens (including phenoxy) is 1. The van der Waals surface area contributed by atoms with Gasteiger partial charge in [-0.3, -0.25) is 9.58 Å². The van der Waals surface area contributed by atoms with Crippen LogP contribution < -0.4 is 0 Å². The molecule has 1 aliphatic heterocycles. The highest BCUT2D eigenvalue weighted by molar-refractivity contribution is 5.08. The minimum atomic E-state index is 0.229. The Hall–Kier alpha value is -1.07. The second-order valence-electron chi connectivity index (χ2n) is 3.42. The smallest absolute Gasteiger partial charge is 0.153 e. The van der Waals surface area contributed by atoms with E-state index in [0.717, 1.165) is 39.4 Å². The number of morpholine rings is 1. The molecule has 1 aromatic heterocycles. The van der Waals surface area contributed by atoms with Gasteiger partial charge in [0.1, 0.15) is 0 Å². The second kappa shape index (κ2) is 4.43. The van der Waals surface area contributed by atoms with E-state index in [0.29, 0.717) is 0 Å². The molecule has 5 heteroatoms. The third kappa shape index (κ3) is 2.46. The average Bonchev–Trinajstić information content (AvgIpc) is 2.63. The predicted molar refractivity (Wildman–Crippen MR) is 51.2 cm³/mol. The molecule has 0 spiro atoms. The number of hydrogen-bond donors (Lipinski definition) is 1. The number of nitrogens with zero attached hydrogens (tertiary/aromatic N) is 3. The van der Waals surface area contributed by atoms with Gasteiger partial charge in [0.15, 0.2) is 5.75 Å². The molecule has 1 N–H and O–H groups in total. The molecule has 2 heterocycles. The van der Waals surface area contributed by atoms with Crippen molar-refractivity contribution in [2.45, 2.75) is 6.54 Å². The van der Waals surface area contributed by atoms with E-state index >= 15 is 0 Å². The zero-order valence-electron chi connectivity index (χ0n) is 8.09. The van der Waals surface area contributed by atoms with Crippen LogP contribution in [0.2, 0.25) is 0 Å². The molecule has 1 aromatic rings. The Morgan fingerprint density at radius 2 is 2.14 bits per heavy atom. The standard InChI is InChI=1S/C9H15N3O2/c13-9-7-10-12(8-9)2-1-11-3-5-14-6-4-11/h7-8,13H,1-6H2. The first-order chi connectivity index (χ1) is 6.84. The minimum Gasteiger partial charge on any atom is -0.505 e. The van der Waals surface area contributed by atoms with Crippen molar-refractivity contribution < 1.29 is 9.84 Å². The van der Waals surface area contributed by atoms with Crippen LogP contribution in [0.15, 0.2) is 12.4 Å². The lowest BCUT2D eigenvalue weighted by molar-refractivity contribution is 0.0359. The fourth-order valence-corrected chi connectivity index (χ4v) is 1.54. The van der Waals surface area contributed by atoms with Gasteiger partial charge >= 0.3 is 0 Å². The van der Waals surface area contributed by atoms with E-state index < -0.39 is 0 Å². The van der Waals surface area contributed by atoms with Crippen LogP contribution in [-0.2, 0) is 11.3 Å². The van der Waals surface area contributed by atoms with E-state index in [1.807, 2.05) is 0 Å². The Kier molecular flexibility index (Phi) is 3.00. The highest BCUT2D eigenvalue weighted by Crippen LogP contribution is 2.04. The largest absolute Gasteiger partial charge is 0.505 e. The minimum absolute atomic E-state index is 0.229. The van der Waals surface area contributed by atoms with Gasteiger partial charge in [-0.2, -0.15) is 5.10 Å². The van der Waals surface area contributed by atoms with Gasteiger partial charge in [0.2, 0.25) is 0 Å². The summed E-state index contributed by atoms with van der Waals surface area (Å²) in [5, 5.41) is 13.1. The van der Waals surface area contributed by atoms with E-state index in [4.69, 9.17) is 9.84 Å². The number of aromatic hydroxyl groups is 1. The molecule has 0 radical (unpaired) electrons. The maximum atomic E-state index is 9.07. The molecule has 5 nitrogen and oxygen atoms in total. The van der Waals surface area contributed by atoms with Crippen molar-refractivity contribution in [1.29, 1.82) is 0 Å². The lowest BCUT2D eigenvalue weighted by Crippen LogP contribution is -2.38. The van der Waals surface area contributed by atoms with Gasteiger partial charge in [-0.15, -0.1) is 0 Å².